The van der Waals surface area contributed by atoms with Crippen molar-refractivity contribution < 1.29 is 4.79 Å². The summed E-state index contributed by atoms with van der Waals surface area (Å²) in [5, 5.41) is 9.61. The highest BCUT2D eigenvalue weighted by molar-refractivity contribution is 14.1. The number of carbonyl (C=O) groups is 1. The number of amides is 1. The molecular formula is C26H29Cl3IN3O. The van der Waals surface area contributed by atoms with Crippen molar-refractivity contribution in [3.8, 4) is 16.9 Å². The summed E-state index contributed by atoms with van der Waals surface area (Å²) >= 11 is 20.9. The van der Waals surface area contributed by atoms with Gasteiger partial charge in [-0.3, -0.25) is 4.79 Å². The van der Waals surface area contributed by atoms with Crippen molar-refractivity contribution in [1.29, 1.82) is 0 Å². The first-order valence-corrected chi connectivity index (χ1v) is 13.9. The molecule has 1 unspecified atom stereocenters. The van der Waals surface area contributed by atoms with Gasteiger partial charge in [0.15, 0.2) is 0 Å². The molecule has 0 saturated carbocycles. The van der Waals surface area contributed by atoms with E-state index in [0.29, 0.717) is 33.0 Å². The first-order chi connectivity index (χ1) is 16.3. The SMILES string of the molecule is CCCCCCCCNC(=O)C(I)c1nn(-c2ccc(Cl)cc2Cl)c(-c2ccc(Cl)cc2)c1C. The number of hydrogen-bond donors (Lipinski definition) is 1. The Bertz CT molecular complexity index is 1120. The summed E-state index contributed by atoms with van der Waals surface area (Å²) < 4.78 is 1.36. The van der Waals surface area contributed by atoms with Gasteiger partial charge in [0.2, 0.25) is 5.91 Å². The van der Waals surface area contributed by atoms with Gasteiger partial charge in [-0.1, -0.05) is 109 Å². The highest BCUT2D eigenvalue weighted by Crippen LogP contribution is 2.37. The Labute approximate surface area is 230 Å². The highest BCUT2D eigenvalue weighted by atomic mass is 127. The third-order valence-electron chi connectivity index (χ3n) is 5.71. The van der Waals surface area contributed by atoms with Crippen LogP contribution in [0.5, 0.6) is 0 Å². The normalized spacial score (nSPS) is 12.1. The Kier molecular flexibility index (Phi) is 10.6. The smallest absolute Gasteiger partial charge is 0.239 e. The predicted molar refractivity (Wildman–Crippen MR) is 152 cm³/mol. The van der Waals surface area contributed by atoms with E-state index in [-0.39, 0.29) is 5.91 Å². The average Bonchev–Trinajstić information content (AvgIpc) is 3.15. The summed E-state index contributed by atoms with van der Waals surface area (Å²) in [4.78, 5) is 13.0. The third-order valence-corrected chi connectivity index (χ3v) is 7.66. The Morgan fingerprint density at radius 1 is 1.00 bits per heavy atom. The van der Waals surface area contributed by atoms with E-state index in [4.69, 9.17) is 39.9 Å². The lowest BCUT2D eigenvalue weighted by atomic mass is 10.0. The number of hydrogen-bond acceptors (Lipinski definition) is 2. The first kappa shape index (κ1) is 27.3. The van der Waals surface area contributed by atoms with Gasteiger partial charge in [0.05, 0.1) is 22.1 Å². The number of unbranched alkanes of at least 4 members (excludes halogenated alkanes) is 5. The van der Waals surface area contributed by atoms with Crippen molar-refractivity contribution in [2.24, 2.45) is 0 Å². The number of alkyl halides is 1. The summed E-state index contributed by atoms with van der Waals surface area (Å²) in [7, 11) is 0. The van der Waals surface area contributed by atoms with Crippen LogP contribution in [0.15, 0.2) is 42.5 Å². The van der Waals surface area contributed by atoms with Crippen molar-refractivity contribution >= 4 is 63.3 Å². The minimum Gasteiger partial charge on any atom is -0.355 e. The lowest BCUT2D eigenvalue weighted by molar-refractivity contribution is -0.120. The molecule has 1 amide bonds. The number of carbonyl (C=O) groups excluding carboxylic acids is 1. The fourth-order valence-electron chi connectivity index (χ4n) is 3.86. The summed E-state index contributed by atoms with van der Waals surface area (Å²) in [6.07, 6.45) is 7.11. The van der Waals surface area contributed by atoms with E-state index in [1.807, 2.05) is 37.3 Å². The minimum absolute atomic E-state index is 0.0354. The summed E-state index contributed by atoms with van der Waals surface area (Å²) in [6.45, 7) is 4.87. The van der Waals surface area contributed by atoms with Crippen LogP contribution >= 0.6 is 57.4 Å². The third kappa shape index (κ3) is 6.90. The number of halogens is 4. The molecule has 8 heteroatoms. The molecule has 34 heavy (non-hydrogen) atoms. The van der Waals surface area contributed by atoms with Gasteiger partial charge < -0.3 is 5.32 Å². The number of benzene rings is 2. The fraction of sp³-hybridized carbons (Fsp3) is 0.385. The van der Waals surface area contributed by atoms with Gasteiger partial charge in [-0.05, 0) is 43.7 Å². The van der Waals surface area contributed by atoms with Crippen LogP contribution in [0.3, 0.4) is 0 Å². The van der Waals surface area contributed by atoms with Crippen molar-refractivity contribution in [2.75, 3.05) is 6.54 Å². The first-order valence-electron chi connectivity index (χ1n) is 11.6. The molecule has 0 aliphatic rings. The second-order valence-electron chi connectivity index (χ2n) is 8.29. The maximum Gasteiger partial charge on any atom is 0.239 e. The number of rotatable bonds is 11. The monoisotopic (exact) mass is 631 g/mol. The molecule has 1 heterocycles. The molecule has 2 aromatic carbocycles. The van der Waals surface area contributed by atoms with Gasteiger partial charge in [0.25, 0.3) is 0 Å². The van der Waals surface area contributed by atoms with Gasteiger partial charge >= 0.3 is 0 Å². The molecule has 0 saturated heterocycles. The maximum atomic E-state index is 13.0. The molecule has 3 rings (SSSR count). The van der Waals surface area contributed by atoms with E-state index in [9.17, 15) is 4.79 Å². The number of aromatic nitrogens is 2. The van der Waals surface area contributed by atoms with E-state index < -0.39 is 3.92 Å². The summed E-state index contributed by atoms with van der Waals surface area (Å²) in [6, 6.07) is 12.9. The van der Waals surface area contributed by atoms with Crippen LogP contribution in [-0.4, -0.2) is 22.2 Å². The zero-order valence-corrected chi connectivity index (χ0v) is 23.8. The zero-order valence-electron chi connectivity index (χ0n) is 19.4. The Morgan fingerprint density at radius 3 is 2.32 bits per heavy atom. The van der Waals surface area contributed by atoms with Crippen LogP contribution in [-0.2, 0) is 4.79 Å². The molecule has 0 radical (unpaired) electrons. The molecule has 182 valence electrons. The van der Waals surface area contributed by atoms with Gasteiger partial charge in [-0.25, -0.2) is 4.68 Å². The quantitative estimate of drug-likeness (QED) is 0.131. The van der Waals surface area contributed by atoms with Crippen molar-refractivity contribution in [2.45, 2.75) is 56.3 Å². The van der Waals surface area contributed by atoms with Gasteiger partial charge in [0, 0.05) is 27.7 Å². The Balaban J connectivity index is 1.86. The average molecular weight is 633 g/mol. The number of nitrogens with zero attached hydrogens (tertiary/aromatic N) is 2. The molecule has 0 fully saturated rings. The number of nitrogens with one attached hydrogen (secondary N) is 1. The highest BCUT2D eigenvalue weighted by Gasteiger charge is 2.27. The van der Waals surface area contributed by atoms with Gasteiger partial charge in [-0.2, -0.15) is 5.10 Å². The van der Waals surface area contributed by atoms with E-state index >= 15 is 0 Å². The molecule has 0 spiro atoms. The Hall–Kier alpha value is -1.28. The van der Waals surface area contributed by atoms with Gasteiger partial charge in [0.1, 0.15) is 3.92 Å². The second-order valence-corrected chi connectivity index (χ2v) is 10.8. The van der Waals surface area contributed by atoms with Crippen molar-refractivity contribution in [1.82, 2.24) is 15.1 Å². The van der Waals surface area contributed by atoms with Crippen LogP contribution in [0.4, 0.5) is 0 Å². The summed E-state index contributed by atoms with van der Waals surface area (Å²) in [5.74, 6) is -0.0354. The minimum atomic E-state index is -0.434. The molecular weight excluding hydrogens is 604 g/mol. The fourth-order valence-corrected chi connectivity index (χ4v) is 5.28. The molecule has 4 nitrogen and oxygen atoms in total. The van der Waals surface area contributed by atoms with Crippen LogP contribution in [0.1, 0.15) is 60.6 Å². The molecule has 3 aromatic rings. The largest absolute Gasteiger partial charge is 0.355 e. The van der Waals surface area contributed by atoms with Crippen LogP contribution in [0.25, 0.3) is 16.9 Å². The predicted octanol–water partition coefficient (Wildman–Crippen LogP) is 8.76. The molecule has 0 aliphatic heterocycles. The molecule has 0 bridgehead atoms. The van der Waals surface area contributed by atoms with E-state index in [2.05, 4.69) is 34.8 Å². The topological polar surface area (TPSA) is 46.9 Å². The Morgan fingerprint density at radius 2 is 1.65 bits per heavy atom. The van der Waals surface area contributed by atoms with Gasteiger partial charge in [-0.15, -0.1) is 0 Å². The standard InChI is InChI=1S/C26H29Cl3IN3O/c1-3-4-5-6-7-8-15-31-26(34)23(30)24-17(2)25(18-9-11-19(27)12-10-18)33(32-24)22-14-13-20(28)16-21(22)29/h9-14,16,23H,3-8,15H2,1-2H3,(H,31,34). The molecule has 1 aromatic heterocycles. The zero-order chi connectivity index (χ0) is 24.7. The van der Waals surface area contributed by atoms with Crippen molar-refractivity contribution in [3.05, 3.63) is 68.8 Å². The lowest BCUT2D eigenvalue weighted by Gasteiger charge is -2.11. The van der Waals surface area contributed by atoms with E-state index in [1.165, 1.54) is 25.7 Å². The van der Waals surface area contributed by atoms with E-state index in [0.717, 1.165) is 29.7 Å². The summed E-state index contributed by atoms with van der Waals surface area (Å²) in [5.41, 5.74) is 4.12. The molecule has 1 atom stereocenters. The lowest BCUT2D eigenvalue weighted by Crippen LogP contribution is -2.28. The second kappa shape index (κ2) is 13.1. The molecule has 1 N–H and O–H groups in total. The van der Waals surface area contributed by atoms with E-state index in [1.54, 1.807) is 16.8 Å². The van der Waals surface area contributed by atoms with Crippen LogP contribution in [0.2, 0.25) is 15.1 Å². The maximum absolute atomic E-state index is 13.0. The van der Waals surface area contributed by atoms with Crippen LogP contribution in [0, 0.1) is 6.92 Å². The molecule has 0 aliphatic carbocycles. The van der Waals surface area contributed by atoms with Crippen LogP contribution < -0.4 is 5.32 Å². The van der Waals surface area contributed by atoms with Crippen molar-refractivity contribution in [3.63, 3.8) is 0 Å².